The first kappa shape index (κ1) is 12.8. The van der Waals surface area contributed by atoms with Gasteiger partial charge in [-0.25, -0.2) is 4.39 Å². The van der Waals surface area contributed by atoms with E-state index >= 15 is 0 Å². The van der Waals surface area contributed by atoms with Gasteiger partial charge in [-0.15, -0.1) is 0 Å². The predicted molar refractivity (Wildman–Crippen MR) is 69.8 cm³/mol. The van der Waals surface area contributed by atoms with Crippen LogP contribution < -0.4 is 10.6 Å². The molecule has 2 rings (SSSR count). The molecule has 18 heavy (non-hydrogen) atoms. The second-order valence-electron chi connectivity index (χ2n) is 5.19. The van der Waals surface area contributed by atoms with Gasteiger partial charge in [0.1, 0.15) is 17.4 Å². The van der Waals surface area contributed by atoms with Crippen molar-refractivity contribution in [2.24, 2.45) is 5.41 Å². The number of rotatable bonds is 3. The summed E-state index contributed by atoms with van der Waals surface area (Å²) >= 11 is 0. The quantitative estimate of drug-likeness (QED) is 0.862. The van der Waals surface area contributed by atoms with E-state index < -0.39 is 5.82 Å². The summed E-state index contributed by atoms with van der Waals surface area (Å²) in [5.41, 5.74) is 0.914. The molecular weight excluding hydrogens is 229 g/mol. The molecule has 0 saturated carbocycles. The third-order valence-corrected chi connectivity index (χ3v) is 3.64. The molecule has 96 valence electrons. The minimum Gasteiger partial charge on any atom is -0.383 e. The van der Waals surface area contributed by atoms with Crippen LogP contribution in [0.5, 0.6) is 0 Å². The van der Waals surface area contributed by atoms with Gasteiger partial charge in [0, 0.05) is 6.54 Å². The second kappa shape index (κ2) is 5.36. The summed E-state index contributed by atoms with van der Waals surface area (Å²) in [5.74, 6) is -0.460. The Morgan fingerprint density at radius 3 is 2.83 bits per heavy atom. The fourth-order valence-electron chi connectivity index (χ4n) is 2.30. The van der Waals surface area contributed by atoms with Crippen LogP contribution in [-0.4, -0.2) is 19.6 Å². The average molecular weight is 247 g/mol. The Kier molecular flexibility index (Phi) is 3.83. The molecule has 0 spiro atoms. The summed E-state index contributed by atoms with van der Waals surface area (Å²) in [6.07, 6.45) is 2.19. The van der Waals surface area contributed by atoms with Gasteiger partial charge in [0.2, 0.25) is 0 Å². The van der Waals surface area contributed by atoms with Crippen molar-refractivity contribution in [3.05, 3.63) is 29.6 Å². The van der Waals surface area contributed by atoms with Crippen molar-refractivity contribution < 1.29 is 4.39 Å². The second-order valence-corrected chi connectivity index (χ2v) is 5.19. The van der Waals surface area contributed by atoms with Crippen molar-refractivity contribution in [3.63, 3.8) is 0 Å². The van der Waals surface area contributed by atoms with Gasteiger partial charge in [-0.1, -0.05) is 13.0 Å². The van der Waals surface area contributed by atoms with E-state index in [1.54, 1.807) is 12.1 Å². The van der Waals surface area contributed by atoms with E-state index in [4.69, 9.17) is 5.26 Å². The molecule has 0 amide bonds. The minimum absolute atomic E-state index is 0.107. The number of benzene rings is 1. The highest BCUT2D eigenvalue weighted by Crippen LogP contribution is 2.29. The molecule has 1 fully saturated rings. The summed E-state index contributed by atoms with van der Waals surface area (Å²) in [7, 11) is 0. The number of hydrogen-bond acceptors (Lipinski definition) is 3. The van der Waals surface area contributed by atoms with Crippen LogP contribution in [0, 0.1) is 22.6 Å². The first-order chi connectivity index (χ1) is 8.64. The van der Waals surface area contributed by atoms with Crippen LogP contribution >= 0.6 is 0 Å². The van der Waals surface area contributed by atoms with Gasteiger partial charge in [0.25, 0.3) is 0 Å². The van der Waals surface area contributed by atoms with Gasteiger partial charge < -0.3 is 10.6 Å². The molecule has 4 heteroatoms. The van der Waals surface area contributed by atoms with Gasteiger partial charge in [-0.2, -0.15) is 5.26 Å². The molecule has 1 aromatic rings. The normalized spacial score (nSPS) is 18.1. The van der Waals surface area contributed by atoms with E-state index in [1.807, 2.05) is 6.07 Å². The molecule has 3 nitrogen and oxygen atoms in total. The predicted octanol–water partition coefficient (Wildman–Crippen LogP) is 2.50. The summed E-state index contributed by atoms with van der Waals surface area (Å²) in [5, 5.41) is 15.5. The molecule has 1 aliphatic rings. The Balaban J connectivity index is 2.06. The monoisotopic (exact) mass is 247 g/mol. The van der Waals surface area contributed by atoms with Gasteiger partial charge in [-0.05, 0) is 43.5 Å². The molecule has 1 aliphatic heterocycles. The zero-order chi connectivity index (χ0) is 13.0. The van der Waals surface area contributed by atoms with E-state index in [0.29, 0.717) is 5.69 Å². The largest absolute Gasteiger partial charge is 0.383 e. The van der Waals surface area contributed by atoms with Crippen LogP contribution in [0.2, 0.25) is 0 Å². The summed E-state index contributed by atoms with van der Waals surface area (Å²) in [6, 6.07) is 6.61. The third kappa shape index (κ3) is 2.80. The van der Waals surface area contributed by atoms with Crippen molar-refractivity contribution in [3.8, 4) is 6.07 Å². The van der Waals surface area contributed by atoms with E-state index in [1.165, 1.54) is 6.07 Å². The lowest BCUT2D eigenvalue weighted by molar-refractivity contribution is 0.247. The van der Waals surface area contributed by atoms with Crippen molar-refractivity contribution in [1.82, 2.24) is 5.32 Å². The topological polar surface area (TPSA) is 47.9 Å². The molecule has 1 saturated heterocycles. The maximum atomic E-state index is 13.4. The molecule has 0 radical (unpaired) electrons. The van der Waals surface area contributed by atoms with Crippen LogP contribution in [-0.2, 0) is 0 Å². The molecule has 0 atom stereocenters. The number of anilines is 1. The Morgan fingerprint density at radius 1 is 1.44 bits per heavy atom. The fourth-order valence-corrected chi connectivity index (χ4v) is 2.30. The zero-order valence-electron chi connectivity index (χ0n) is 10.6. The molecular formula is C14H18FN3. The maximum Gasteiger partial charge on any atom is 0.143 e. The average Bonchev–Trinajstić information content (AvgIpc) is 2.37. The van der Waals surface area contributed by atoms with Crippen LogP contribution in [0.25, 0.3) is 0 Å². The van der Waals surface area contributed by atoms with Crippen LogP contribution in [0.1, 0.15) is 25.3 Å². The Labute approximate surface area is 107 Å². The smallest absolute Gasteiger partial charge is 0.143 e. The van der Waals surface area contributed by atoms with Crippen LogP contribution in [0.15, 0.2) is 18.2 Å². The van der Waals surface area contributed by atoms with Crippen molar-refractivity contribution in [1.29, 1.82) is 5.26 Å². The zero-order valence-corrected chi connectivity index (χ0v) is 10.6. The SMILES string of the molecule is CC1(CNc2cccc(F)c2C#N)CCNCC1. The number of nitrogens with one attached hydrogen (secondary N) is 2. The van der Waals surface area contributed by atoms with E-state index in [2.05, 4.69) is 17.6 Å². The maximum absolute atomic E-state index is 13.4. The molecule has 1 aromatic carbocycles. The highest BCUT2D eigenvalue weighted by molar-refractivity contribution is 5.57. The highest BCUT2D eigenvalue weighted by atomic mass is 19.1. The van der Waals surface area contributed by atoms with E-state index in [-0.39, 0.29) is 11.0 Å². The third-order valence-electron chi connectivity index (χ3n) is 3.64. The van der Waals surface area contributed by atoms with Gasteiger partial charge in [0.05, 0.1) is 5.69 Å². The summed E-state index contributed by atoms with van der Waals surface area (Å²) < 4.78 is 13.4. The number of halogens is 1. The van der Waals surface area contributed by atoms with Gasteiger partial charge in [-0.3, -0.25) is 0 Å². The Bertz CT molecular complexity index is 459. The molecule has 0 unspecified atom stereocenters. The highest BCUT2D eigenvalue weighted by Gasteiger charge is 2.26. The van der Waals surface area contributed by atoms with Gasteiger partial charge in [0.15, 0.2) is 0 Å². The molecule has 1 heterocycles. The number of hydrogen-bond donors (Lipinski definition) is 2. The van der Waals surface area contributed by atoms with E-state index in [9.17, 15) is 4.39 Å². The Hall–Kier alpha value is -1.60. The van der Waals surface area contributed by atoms with Crippen molar-refractivity contribution >= 4 is 5.69 Å². The standard InChI is InChI=1S/C14H18FN3/c1-14(5-7-17-8-6-14)10-18-13-4-2-3-12(15)11(13)9-16/h2-4,17-18H,5-8,10H2,1H3. The van der Waals surface area contributed by atoms with Crippen molar-refractivity contribution in [2.75, 3.05) is 25.0 Å². The molecule has 0 bridgehead atoms. The lowest BCUT2D eigenvalue weighted by atomic mass is 9.81. The summed E-state index contributed by atoms with van der Waals surface area (Å²) in [6.45, 7) is 5.04. The van der Waals surface area contributed by atoms with Gasteiger partial charge >= 0.3 is 0 Å². The minimum atomic E-state index is -0.460. The molecule has 0 aliphatic carbocycles. The first-order valence-electron chi connectivity index (χ1n) is 6.28. The van der Waals surface area contributed by atoms with Crippen LogP contribution in [0.4, 0.5) is 10.1 Å². The lowest BCUT2D eigenvalue weighted by Crippen LogP contribution is -2.39. The first-order valence-corrected chi connectivity index (χ1v) is 6.28. The molecule has 0 aromatic heterocycles. The number of nitriles is 1. The Morgan fingerprint density at radius 2 is 2.17 bits per heavy atom. The number of nitrogens with zero attached hydrogens (tertiary/aromatic N) is 1. The fraction of sp³-hybridized carbons (Fsp3) is 0.500. The van der Waals surface area contributed by atoms with E-state index in [0.717, 1.165) is 32.5 Å². The number of piperidine rings is 1. The molecule has 2 N–H and O–H groups in total. The lowest BCUT2D eigenvalue weighted by Gasteiger charge is -2.34. The summed E-state index contributed by atoms with van der Waals surface area (Å²) in [4.78, 5) is 0. The van der Waals surface area contributed by atoms with Crippen molar-refractivity contribution in [2.45, 2.75) is 19.8 Å². The van der Waals surface area contributed by atoms with Crippen LogP contribution in [0.3, 0.4) is 0 Å².